The van der Waals surface area contributed by atoms with Gasteiger partial charge in [-0.1, -0.05) is 36.8 Å². The molecule has 1 aliphatic rings. The lowest BCUT2D eigenvalue weighted by Crippen LogP contribution is -2.30. The van der Waals surface area contributed by atoms with Gasteiger partial charge in [0.2, 0.25) is 0 Å². The van der Waals surface area contributed by atoms with Gasteiger partial charge in [0.1, 0.15) is 17.3 Å². The number of aliphatic hydroxyl groups excluding tert-OH is 1. The average molecular weight is 424 g/mol. The second-order valence-electron chi connectivity index (χ2n) is 7.90. The molecule has 0 aromatic heterocycles. The predicted molar refractivity (Wildman–Crippen MR) is 119 cm³/mol. The first-order chi connectivity index (χ1) is 14.8. The van der Waals surface area contributed by atoms with E-state index in [1.165, 1.54) is 12.0 Å². The molecule has 164 valence electrons. The number of nitrogens with zero attached hydrogens (tertiary/aromatic N) is 1. The number of aliphatic hydroxyl groups is 1. The minimum Gasteiger partial charge on any atom is -0.507 e. The van der Waals surface area contributed by atoms with Crippen LogP contribution in [-0.4, -0.2) is 41.5 Å². The van der Waals surface area contributed by atoms with E-state index in [0.29, 0.717) is 35.6 Å². The van der Waals surface area contributed by atoms with Crippen molar-refractivity contribution in [2.45, 2.75) is 46.3 Å². The van der Waals surface area contributed by atoms with Crippen molar-refractivity contribution in [3.8, 4) is 11.5 Å². The quantitative estimate of drug-likeness (QED) is 0.399. The minimum absolute atomic E-state index is 0.0437. The molecule has 1 aliphatic heterocycles. The fourth-order valence-electron chi connectivity index (χ4n) is 3.89. The normalized spacial score (nSPS) is 18.0. The Morgan fingerprint density at radius 3 is 2.48 bits per heavy atom. The van der Waals surface area contributed by atoms with E-state index in [-0.39, 0.29) is 17.4 Å². The highest BCUT2D eigenvalue weighted by Gasteiger charge is 2.47. The van der Waals surface area contributed by atoms with E-state index in [4.69, 9.17) is 9.47 Å². The fourth-order valence-corrected chi connectivity index (χ4v) is 3.89. The van der Waals surface area contributed by atoms with Crippen LogP contribution in [0.25, 0.3) is 5.76 Å². The van der Waals surface area contributed by atoms with Crippen LogP contribution >= 0.6 is 0 Å². The lowest BCUT2D eigenvalue weighted by molar-refractivity contribution is -0.139. The molecule has 0 spiro atoms. The van der Waals surface area contributed by atoms with Gasteiger partial charge in [-0.15, -0.1) is 0 Å². The number of para-hydroxylation sites is 1. The van der Waals surface area contributed by atoms with Gasteiger partial charge < -0.3 is 19.5 Å². The summed E-state index contributed by atoms with van der Waals surface area (Å²) >= 11 is 0. The van der Waals surface area contributed by atoms with Crippen LogP contribution in [0, 0.1) is 6.92 Å². The Labute approximate surface area is 183 Å². The van der Waals surface area contributed by atoms with Crippen molar-refractivity contribution in [2.75, 3.05) is 13.7 Å². The van der Waals surface area contributed by atoms with Gasteiger partial charge in [0.25, 0.3) is 11.7 Å². The van der Waals surface area contributed by atoms with Gasteiger partial charge >= 0.3 is 0 Å². The second-order valence-corrected chi connectivity index (χ2v) is 7.90. The lowest BCUT2D eigenvalue weighted by atomic mass is 9.94. The molecular weight excluding hydrogens is 394 g/mol. The number of hydrogen-bond donors (Lipinski definition) is 1. The molecule has 3 rings (SSSR count). The predicted octanol–water partition coefficient (Wildman–Crippen LogP) is 4.62. The van der Waals surface area contributed by atoms with Crippen molar-refractivity contribution >= 4 is 17.4 Å². The van der Waals surface area contributed by atoms with Crippen molar-refractivity contribution in [3.63, 3.8) is 0 Å². The number of benzene rings is 2. The SMILES string of the molecule is CCCN1C(=O)C(=O)/C(=C(/O)c2cc(C)ccc2OC)C1c1ccccc1OC(C)C. The summed E-state index contributed by atoms with van der Waals surface area (Å²) in [7, 11) is 1.50. The van der Waals surface area contributed by atoms with Gasteiger partial charge in [0.05, 0.1) is 30.4 Å². The van der Waals surface area contributed by atoms with Crippen LogP contribution in [0.2, 0.25) is 0 Å². The van der Waals surface area contributed by atoms with Gasteiger partial charge in [0, 0.05) is 12.1 Å². The number of hydrogen-bond acceptors (Lipinski definition) is 5. The molecule has 31 heavy (non-hydrogen) atoms. The zero-order valence-corrected chi connectivity index (χ0v) is 18.6. The van der Waals surface area contributed by atoms with Crippen LogP contribution in [-0.2, 0) is 9.59 Å². The first-order valence-corrected chi connectivity index (χ1v) is 10.5. The number of aryl methyl sites for hydroxylation is 1. The van der Waals surface area contributed by atoms with Crippen molar-refractivity contribution in [3.05, 3.63) is 64.7 Å². The summed E-state index contributed by atoms with van der Waals surface area (Å²) in [5, 5.41) is 11.3. The highest BCUT2D eigenvalue weighted by molar-refractivity contribution is 6.46. The molecule has 1 amide bonds. The van der Waals surface area contributed by atoms with Crippen LogP contribution in [0.3, 0.4) is 0 Å². The Morgan fingerprint density at radius 2 is 1.84 bits per heavy atom. The zero-order valence-electron chi connectivity index (χ0n) is 18.6. The first kappa shape index (κ1) is 22.4. The molecule has 1 N–H and O–H groups in total. The highest BCUT2D eigenvalue weighted by atomic mass is 16.5. The van der Waals surface area contributed by atoms with Crippen LogP contribution in [0.15, 0.2) is 48.0 Å². The van der Waals surface area contributed by atoms with Gasteiger partial charge in [-0.05, 0) is 45.4 Å². The van der Waals surface area contributed by atoms with Crippen molar-refractivity contribution < 1.29 is 24.2 Å². The number of amides is 1. The van der Waals surface area contributed by atoms with E-state index in [9.17, 15) is 14.7 Å². The molecule has 6 heteroatoms. The summed E-state index contributed by atoms with van der Waals surface area (Å²) in [5.74, 6) is -0.581. The third-order valence-electron chi connectivity index (χ3n) is 5.19. The number of methoxy groups -OCH3 is 1. The summed E-state index contributed by atoms with van der Waals surface area (Å²) < 4.78 is 11.4. The number of rotatable bonds is 7. The van der Waals surface area contributed by atoms with E-state index >= 15 is 0 Å². The van der Waals surface area contributed by atoms with E-state index in [1.54, 1.807) is 12.1 Å². The Hall–Kier alpha value is -3.28. The van der Waals surface area contributed by atoms with Crippen molar-refractivity contribution in [2.24, 2.45) is 0 Å². The number of likely N-dealkylation sites (tertiary alicyclic amines) is 1. The molecule has 6 nitrogen and oxygen atoms in total. The largest absolute Gasteiger partial charge is 0.507 e. The summed E-state index contributed by atoms with van der Waals surface area (Å²) in [5.41, 5.74) is 1.98. The number of Topliss-reactive ketones (excluding diaryl/α,β-unsaturated/α-hetero) is 1. The summed E-state index contributed by atoms with van der Waals surface area (Å²) in [6, 6.07) is 11.9. The number of carbonyl (C=O) groups is 2. The molecule has 0 bridgehead atoms. The Balaban J connectivity index is 2.28. The molecule has 2 aromatic rings. The average Bonchev–Trinajstić information content (AvgIpc) is 2.98. The van der Waals surface area contributed by atoms with E-state index in [2.05, 4.69) is 0 Å². The van der Waals surface area contributed by atoms with E-state index < -0.39 is 17.7 Å². The maximum absolute atomic E-state index is 13.1. The Morgan fingerprint density at radius 1 is 1.13 bits per heavy atom. The van der Waals surface area contributed by atoms with Crippen LogP contribution in [0.5, 0.6) is 11.5 Å². The summed E-state index contributed by atoms with van der Waals surface area (Å²) in [4.78, 5) is 27.6. The smallest absolute Gasteiger partial charge is 0.295 e. The van der Waals surface area contributed by atoms with Gasteiger partial charge in [-0.25, -0.2) is 0 Å². The van der Waals surface area contributed by atoms with Crippen molar-refractivity contribution in [1.82, 2.24) is 4.90 Å². The molecule has 0 saturated carbocycles. The fraction of sp³-hybridized carbons (Fsp3) is 0.360. The van der Waals surface area contributed by atoms with Crippen LogP contribution in [0.4, 0.5) is 0 Å². The van der Waals surface area contributed by atoms with E-state index in [0.717, 1.165) is 5.56 Å². The highest BCUT2D eigenvalue weighted by Crippen LogP contribution is 2.44. The van der Waals surface area contributed by atoms with Crippen molar-refractivity contribution in [1.29, 1.82) is 0 Å². The molecule has 0 radical (unpaired) electrons. The number of carbonyl (C=O) groups excluding carboxylic acids is 2. The van der Waals surface area contributed by atoms with Gasteiger partial charge in [-0.2, -0.15) is 0 Å². The minimum atomic E-state index is -0.750. The topological polar surface area (TPSA) is 76.1 Å². The van der Waals surface area contributed by atoms with Gasteiger partial charge in [-0.3, -0.25) is 9.59 Å². The third kappa shape index (κ3) is 4.29. The number of ketones is 1. The lowest BCUT2D eigenvalue weighted by Gasteiger charge is -2.27. The van der Waals surface area contributed by atoms with E-state index in [1.807, 2.05) is 58.0 Å². The molecule has 2 aromatic carbocycles. The summed E-state index contributed by atoms with van der Waals surface area (Å²) in [6.45, 7) is 8.04. The molecular formula is C25H29NO5. The first-order valence-electron chi connectivity index (χ1n) is 10.5. The monoisotopic (exact) mass is 423 g/mol. The van der Waals surface area contributed by atoms with Gasteiger partial charge in [0.15, 0.2) is 0 Å². The molecule has 1 unspecified atom stereocenters. The maximum atomic E-state index is 13.1. The van der Waals surface area contributed by atoms with Crippen LogP contribution in [0.1, 0.15) is 49.9 Å². The Bertz CT molecular complexity index is 1020. The number of ether oxygens (including phenoxy) is 2. The van der Waals surface area contributed by atoms with Crippen LogP contribution < -0.4 is 9.47 Å². The Kier molecular flexibility index (Phi) is 6.68. The standard InChI is InChI=1S/C25H29NO5/c1-6-13-26-22(17-9-7-8-10-20(17)31-15(2)3)21(24(28)25(26)29)23(27)18-14-16(4)11-12-19(18)30-5/h7-12,14-15,22,27H,6,13H2,1-5H3/b23-21+. The molecule has 1 heterocycles. The molecule has 1 saturated heterocycles. The zero-order chi connectivity index (χ0) is 22.7. The molecule has 1 atom stereocenters. The maximum Gasteiger partial charge on any atom is 0.295 e. The third-order valence-corrected chi connectivity index (χ3v) is 5.19. The molecule has 0 aliphatic carbocycles. The summed E-state index contributed by atoms with van der Waals surface area (Å²) in [6.07, 6.45) is 0.580. The second kappa shape index (κ2) is 9.25. The molecule has 1 fully saturated rings.